The van der Waals surface area contributed by atoms with E-state index in [-0.39, 0.29) is 5.54 Å². The molecule has 0 unspecified atom stereocenters. The Morgan fingerprint density at radius 2 is 2.20 bits per heavy atom. The lowest BCUT2D eigenvalue weighted by Gasteiger charge is -2.44. The summed E-state index contributed by atoms with van der Waals surface area (Å²) in [5, 5.41) is 18.1. The van der Waals surface area contributed by atoms with E-state index in [1.54, 1.807) is 23.9 Å². The molecular weight excluding hydrogens is 398 g/mol. The van der Waals surface area contributed by atoms with E-state index in [1.807, 2.05) is 17.1 Å². The van der Waals surface area contributed by atoms with Crippen LogP contribution in [0.25, 0.3) is 28.5 Å². The first kappa shape index (κ1) is 17.7. The molecule has 1 fully saturated rings. The van der Waals surface area contributed by atoms with Crippen molar-refractivity contribution in [3.63, 3.8) is 0 Å². The zero-order chi connectivity index (χ0) is 20.3. The van der Waals surface area contributed by atoms with Crippen molar-refractivity contribution >= 4 is 17.2 Å². The summed E-state index contributed by atoms with van der Waals surface area (Å²) in [6.45, 7) is 4.47. The first-order chi connectivity index (χ1) is 14.8. The highest BCUT2D eigenvalue weighted by molar-refractivity contribution is 7.07. The lowest BCUT2D eigenvalue weighted by Crippen LogP contribution is -2.50. The van der Waals surface area contributed by atoms with Crippen LogP contribution in [-0.2, 0) is 5.54 Å². The Hall–Kier alpha value is -3.14. The molecule has 1 saturated heterocycles. The van der Waals surface area contributed by atoms with Crippen molar-refractivity contribution in [2.45, 2.75) is 51.1 Å². The molecule has 4 aromatic rings. The molecule has 152 valence electrons. The van der Waals surface area contributed by atoms with E-state index >= 15 is 0 Å². The fraction of sp³-hybridized carbons (Fsp3) is 0.400. The minimum Gasteiger partial charge on any atom is -0.339 e. The van der Waals surface area contributed by atoms with Crippen molar-refractivity contribution < 1.29 is 0 Å². The van der Waals surface area contributed by atoms with E-state index in [0.717, 1.165) is 60.0 Å². The smallest absolute Gasteiger partial charge is 0.165 e. The lowest BCUT2D eigenvalue weighted by molar-refractivity contribution is 0.371. The van der Waals surface area contributed by atoms with Gasteiger partial charge >= 0.3 is 0 Å². The minimum atomic E-state index is -0.177. The van der Waals surface area contributed by atoms with Crippen molar-refractivity contribution in [2.75, 3.05) is 4.90 Å². The zero-order valence-corrected chi connectivity index (χ0v) is 17.6. The van der Waals surface area contributed by atoms with Gasteiger partial charge in [-0.2, -0.15) is 5.10 Å². The first-order valence-corrected chi connectivity index (χ1v) is 11.2. The van der Waals surface area contributed by atoms with Crippen LogP contribution < -0.4 is 4.90 Å². The lowest BCUT2D eigenvalue weighted by atomic mass is 9.90. The van der Waals surface area contributed by atoms with Gasteiger partial charge in [0.25, 0.3) is 0 Å². The number of nitrogens with one attached hydrogen (secondary N) is 1. The molecule has 10 heteroatoms. The maximum absolute atomic E-state index is 5.09. The molecule has 2 aliphatic heterocycles. The van der Waals surface area contributed by atoms with E-state index < -0.39 is 0 Å². The molecule has 0 saturated carbocycles. The highest BCUT2D eigenvalue weighted by atomic mass is 32.1. The van der Waals surface area contributed by atoms with Gasteiger partial charge in [0.1, 0.15) is 17.6 Å². The summed E-state index contributed by atoms with van der Waals surface area (Å²) in [4.78, 5) is 16.7. The van der Waals surface area contributed by atoms with Crippen LogP contribution in [0, 0.1) is 0 Å². The largest absolute Gasteiger partial charge is 0.339 e. The summed E-state index contributed by atoms with van der Waals surface area (Å²) in [6, 6.07) is 0.416. The predicted molar refractivity (Wildman–Crippen MR) is 113 cm³/mol. The van der Waals surface area contributed by atoms with E-state index in [9.17, 15) is 0 Å². The average Bonchev–Trinajstić information content (AvgIpc) is 3.57. The molecule has 0 spiro atoms. The molecule has 0 aliphatic carbocycles. The molecule has 1 N–H and O–H groups in total. The van der Waals surface area contributed by atoms with Crippen molar-refractivity contribution in [1.82, 2.24) is 39.9 Å². The summed E-state index contributed by atoms with van der Waals surface area (Å²) in [5.74, 6) is 2.59. The van der Waals surface area contributed by atoms with Crippen molar-refractivity contribution in [1.29, 1.82) is 0 Å². The molecule has 0 amide bonds. The minimum absolute atomic E-state index is 0.177. The van der Waals surface area contributed by atoms with Gasteiger partial charge in [-0.05, 0) is 25.7 Å². The number of aromatic amines is 1. The van der Waals surface area contributed by atoms with Gasteiger partial charge < -0.3 is 4.90 Å². The molecule has 9 nitrogen and oxygen atoms in total. The number of aromatic nitrogens is 8. The van der Waals surface area contributed by atoms with E-state index in [1.165, 1.54) is 0 Å². The Morgan fingerprint density at radius 1 is 1.27 bits per heavy atom. The van der Waals surface area contributed by atoms with Gasteiger partial charge in [0, 0.05) is 11.4 Å². The second-order valence-corrected chi connectivity index (χ2v) is 8.53. The second-order valence-electron chi connectivity index (χ2n) is 7.82. The molecule has 30 heavy (non-hydrogen) atoms. The average molecular weight is 420 g/mol. The first-order valence-electron chi connectivity index (χ1n) is 10.3. The second kappa shape index (κ2) is 6.43. The summed E-state index contributed by atoms with van der Waals surface area (Å²) >= 11 is 1.55. The Balaban J connectivity index is 1.56. The van der Waals surface area contributed by atoms with E-state index in [4.69, 9.17) is 9.97 Å². The highest BCUT2D eigenvalue weighted by Crippen LogP contribution is 2.51. The Morgan fingerprint density at radius 3 is 3.00 bits per heavy atom. The third-order valence-electron chi connectivity index (χ3n) is 6.54. The standard InChI is InChI=1S/C20H21N9S/c1-3-12-5-6-20(4-2)19-27-24-10-28(19)15-8-21-17(25-18(15)29(12)20)13-7-23-26-16(13)14-9-30-11-22-14/h7-12H,3-6H2,1-2H3,(H,23,26)/t12-,20+/m1/s1. The van der Waals surface area contributed by atoms with Crippen LogP contribution in [0.2, 0.25) is 0 Å². The topological polar surface area (TPSA) is 101 Å². The van der Waals surface area contributed by atoms with Crippen LogP contribution in [0.5, 0.6) is 0 Å². The Bertz CT molecular complexity index is 1210. The molecule has 0 bridgehead atoms. The monoisotopic (exact) mass is 419 g/mol. The number of H-pyrrole nitrogens is 1. The van der Waals surface area contributed by atoms with Crippen LogP contribution >= 0.6 is 11.3 Å². The van der Waals surface area contributed by atoms with Crippen molar-refractivity contribution in [3.8, 4) is 28.5 Å². The molecule has 0 aromatic carbocycles. The number of hydrogen-bond acceptors (Lipinski definition) is 8. The normalized spacial score (nSPS) is 22.1. The molecule has 6 rings (SSSR count). The van der Waals surface area contributed by atoms with Gasteiger partial charge in [0.05, 0.1) is 34.9 Å². The number of hydrogen-bond donors (Lipinski definition) is 1. The maximum atomic E-state index is 5.09. The van der Waals surface area contributed by atoms with Gasteiger partial charge in [-0.1, -0.05) is 13.8 Å². The molecule has 2 atom stereocenters. The van der Waals surface area contributed by atoms with E-state index in [2.05, 4.69) is 48.7 Å². The van der Waals surface area contributed by atoms with Gasteiger partial charge in [-0.15, -0.1) is 21.5 Å². The molecule has 6 heterocycles. The quantitative estimate of drug-likeness (QED) is 0.539. The SMILES string of the molecule is CC[C@@H]1CC[C@@]2(CC)c3nncn3-c3cnc(-c4cn[nH]c4-c4cscn4)nc3N12. The van der Waals surface area contributed by atoms with Crippen molar-refractivity contribution in [3.05, 3.63) is 35.4 Å². The Labute approximate surface area is 177 Å². The number of fused-ring (bicyclic) bond motifs is 6. The number of thiazole rings is 1. The summed E-state index contributed by atoms with van der Waals surface area (Å²) in [7, 11) is 0. The van der Waals surface area contributed by atoms with Crippen molar-refractivity contribution in [2.24, 2.45) is 0 Å². The fourth-order valence-corrected chi connectivity index (χ4v) is 5.59. The van der Waals surface area contributed by atoms with Gasteiger partial charge in [0.2, 0.25) is 0 Å². The Kier molecular flexibility index (Phi) is 3.79. The molecule has 2 aliphatic rings. The third-order valence-corrected chi connectivity index (χ3v) is 7.13. The number of nitrogens with zero attached hydrogens (tertiary/aromatic N) is 8. The van der Waals surface area contributed by atoms with Crippen LogP contribution in [-0.4, -0.2) is 46.0 Å². The van der Waals surface area contributed by atoms with Gasteiger partial charge in [-0.25, -0.2) is 15.0 Å². The fourth-order valence-electron chi connectivity index (χ4n) is 5.05. The predicted octanol–water partition coefficient (Wildman–Crippen LogP) is 3.57. The van der Waals surface area contributed by atoms with Crippen LogP contribution in [0.15, 0.2) is 29.6 Å². The molecule has 0 radical (unpaired) electrons. The number of rotatable bonds is 4. The van der Waals surface area contributed by atoms with Crippen LogP contribution in [0.4, 0.5) is 5.82 Å². The van der Waals surface area contributed by atoms with Crippen LogP contribution in [0.1, 0.15) is 45.4 Å². The number of anilines is 1. The maximum Gasteiger partial charge on any atom is 0.165 e. The summed E-state index contributed by atoms with van der Waals surface area (Å²) in [6.07, 6.45) is 9.62. The zero-order valence-electron chi connectivity index (χ0n) is 16.8. The molecular formula is C20H21N9S. The third kappa shape index (κ3) is 2.22. The molecule has 4 aromatic heterocycles. The van der Waals surface area contributed by atoms with E-state index in [0.29, 0.717) is 11.9 Å². The highest BCUT2D eigenvalue weighted by Gasteiger charge is 2.53. The summed E-state index contributed by atoms with van der Waals surface area (Å²) < 4.78 is 2.06. The summed E-state index contributed by atoms with van der Waals surface area (Å²) in [5.41, 5.74) is 5.11. The van der Waals surface area contributed by atoms with Gasteiger partial charge in [0.15, 0.2) is 17.5 Å². The van der Waals surface area contributed by atoms with Crippen LogP contribution in [0.3, 0.4) is 0 Å². The van der Waals surface area contributed by atoms with Gasteiger partial charge in [-0.3, -0.25) is 9.67 Å².